The Labute approximate surface area is 127 Å². The van der Waals surface area contributed by atoms with Crippen LogP contribution in [0.3, 0.4) is 0 Å². The van der Waals surface area contributed by atoms with Gasteiger partial charge in [0.2, 0.25) is 0 Å². The fourth-order valence-electron chi connectivity index (χ4n) is 2.15. The smallest absolute Gasteiger partial charge is 0.119 e. The van der Waals surface area contributed by atoms with E-state index in [0.717, 1.165) is 18.6 Å². The third kappa shape index (κ3) is 5.84. The van der Waals surface area contributed by atoms with E-state index in [1.807, 2.05) is 36.4 Å². The van der Waals surface area contributed by atoms with Crippen molar-refractivity contribution in [2.75, 3.05) is 13.2 Å². The van der Waals surface area contributed by atoms with Gasteiger partial charge in [0.05, 0.1) is 13.2 Å². The van der Waals surface area contributed by atoms with Crippen LogP contribution in [-0.2, 0) is 11.2 Å². The topological polar surface area (TPSA) is 18.5 Å². The maximum atomic E-state index is 6.09. The molecule has 1 atom stereocenters. The van der Waals surface area contributed by atoms with Crippen LogP contribution in [0.2, 0.25) is 0 Å². The minimum absolute atomic E-state index is 0.111. The standard InChI is InChI=1S/C19H22O2/c1-2-14-20-15-13-19(16-17-9-5-3-6-10-17)21-18-11-7-4-8-12-18/h2-12,19H,1,13-16H2. The Balaban J connectivity index is 1.94. The molecule has 21 heavy (non-hydrogen) atoms. The molecule has 2 aromatic carbocycles. The van der Waals surface area contributed by atoms with Crippen molar-refractivity contribution in [3.63, 3.8) is 0 Å². The number of hydrogen-bond donors (Lipinski definition) is 0. The average Bonchev–Trinajstić information content (AvgIpc) is 2.53. The lowest BCUT2D eigenvalue weighted by molar-refractivity contribution is 0.108. The molecule has 0 spiro atoms. The molecule has 0 saturated heterocycles. The number of hydrogen-bond acceptors (Lipinski definition) is 2. The predicted molar refractivity (Wildman–Crippen MR) is 86.6 cm³/mol. The third-order valence-electron chi connectivity index (χ3n) is 3.17. The van der Waals surface area contributed by atoms with Crippen molar-refractivity contribution >= 4 is 0 Å². The van der Waals surface area contributed by atoms with Gasteiger partial charge in [-0.25, -0.2) is 0 Å². The summed E-state index contributed by atoms with van der Waals surface area (Å²) in [5, 5.41) is 0. The summed E-state index contributed by atoms with van der Waals surface area (Å²) in [5.74, 6) is 0.905. The van der Waals surface area contributed by atoms with Gasteiger partial charge in [-0.3, -0.25) is 0 Å². The maximum absolute atomic E-state index is 6.09. The Kier molecular flexibility index (Phi) is 6.56. The second kappa shape index (κ2) is 8.98. The molecule has 2 rings (SSSR count). The molecule has 0 aliphatic heterocycles. The second-order valence-corrected chi connectivity index (χ2v) is 4.89. The van der Waals surface area contributed by atoms with Gasteiger partial charge in [-0.1, -0.05) is 54.6 Å². The number of ether oxygens (including phenoxy) is 2. The molecule has 0 bridgehead atoms. The minimum Gasteiger partial charge on any atom is -0.490 e. The highest BCUT2D eigenvalue weighted by Gasteiger charge is 2.11. The quantitative estimate of drug-likeness (QED) is 0.505. The van der Waals surface area contributed by atoms with Crippen LogP contribution >= 0.6 is 0 Å². The highest BCUT2D eigenvalue weighted by molar-refractivity contribution is 5.22. The van der Waals surface area contributed by atoms with Gasteiger partial charge in [-0.15, -0.1) is 6.58 Å². The molecule has 0 aromatic heterocycles. The summed E-state index contributed by atoms with van der Waals surface area (Å²) in [7, 11) is 0. The first-order valence-electron chi connectivity index (χ1n) is 7.33. The molecule has 2 aromatic rings. The van der Waals surface area contributed by atoms with E-state index in [9.17, 15) is 0 Å². The van der Waals surface area contributed by atoms with Gasteiger partial charge in [-0.2, -0.15) is 0 Å². The molecule has 0 radical (unpaired) electrons. The van der Waals surface area contributed by atoms with Crippen LogP contribution in [0.4, 0.5) is 0 Å². The van der Waals surface area contributed by atoms with Crippen LogP contribution < -0.4 is 4.74 Å². The Hall–Kier alpha value is -2.06. The van der Waals surface area contributed by atoms with Crippen LogP contribution in [0, 0.1) is 0 Å². The van der Waals surface area contributed by atoms with Crippen LogP contribution in [0.5, 0.6) is 5.75 Å². The number of benzene rings is 2. The van der Waals surface area contributed by atoms with E-state index in [1.54, 1.807) is 6.08 Å². The first kappa shape index (κ1) is 15.3. The summed E-state index contributed by atoms with van der Waals surface area (Å²) in [5.41, 5.74) is 1.28. The van der Waals surface area contributed by atoms with Gasteiger partial charge in [0.25, 0.3) is 0 Å². The van der Waals surface area contributed by atoms with E-state index in [0.29, 0.717) is 13.2 Å². The molecular formula is C19H22O2. The summed E-state index contributed by atoms with van der Waals surface area (Å²) in [4.78, 5) is 0. The zero-order chi connectivity index (χ0) is 14.8. The molecule has 0 aliphatic carbocycles. The Morgan fingerprint density at radius 3 is 2.29 bits per heavy atom. The van der Waals surface area contributed by atoms with Crippen molar-refractivity contribution in [1.82, 2.24) is 0 Å². The molecule has 2 nitrogen and oxygen atoms in total. The van der Waals surface area contributed by atoms with E-state index in [4.69, 9.17) is 9.47 Å². The van der Waals surface area contributed by atoms with Crippen LogP contribution in [0.15, 0.2) is 73.3 Å². The molecule has 0 amide bonds. The van der Waals surface area contributed by atoms with Crippen molar-refractivity contribution in [1.29, 1.82) is 0 Å². The fourth-order valence-corrected chi connectivity index (χ4v) is 2.15. The molecule has 110 valence electrons. The molecular weight excluding hydrogens is 260 g/mol. The largest absolute Gasteiger partial charge is 0.490 e. The normalized spacial score (nSPS) is 11.8. The zero-order valence-corrected chi connectivity index (χ0v) is 12.3. The van der Waals surface area contributed by atoms with Crippen molar-refractivity contribution in [2.45, 2.75) is 18.9 Å². The summed E-state index contributed by atoms with van der Waals surface area (Å²) < 4.78 is 11.6. The Morgan fingerprint density at radius 2 is 1.62 bits per heavy atom. The zero-order valence-electron chi connectivity index (χ0n) is 12.3. The highest BCUT2D eigenvalue weighted by atomic mass is 16.5. The summed E-state index contributed by atoms with van der Waals surface area (Å²) in [6, 6.07) is 20.4. The average molecular weight is 282 g/mol. The van der Waals surface area contributed by atoms with Crippen molar-refractivity contribution < 1.29 is 9.47 Å². The van der Waals surface area contributed by atoms with Crippen molar-refractivity contribution in [3.8, 4) is 5.75 Å². The summed E-state index contributed by atoms with van der Waals surface area (Å²) in [6.45, 7) is 4.92. The van der Waals surface area contributed by atoms with Gasteiger partial charge < -0.3 is 9.47 Å². The fraction of sp³-hybridized carbons (Fsp3) is 0.263. The minimum atomic E-state index is 0.111. The van der Waals surface area contributed by atoms with Crippen LogP contribution in [0.1, 0.15) is 12.0 Å². The lowest BCUT2D eigenvalue weighted by atomic mass is 10.1. The lowest BCUT2D eigenvalue weighted by Gasteiger charge is -2.19. The second-order valence-electron chi connectivity index (χ2n) is 4.89. The lowest BCUT2D eigenvalue weighted by Crippen LogP contribution is -2.22. The first-order valence-corrected chi connectivity index (χ1v) is 7.33. The molecule has 0 heterocycles. The predicted octanol–water partition coefficient (Wildman–Crippen LogP) is 4.27. The van der Waals surface area contributed by atoms with E-state index in [-0.39, 0.29) is 6.10 Å². The summed E-state index contributed by atoms with van der Waals surface area (Å²) in [6.07, 6.45) is 3.62. The first-order chi connectivity index (χ1) is 10.4. The molecule has 0 aliphatic rings. The monoisotopic (exact) mass is 282 g/mol. The number of para-hydroxylation sites is 1. The van der Waals surface area contributed by atoms with E-state index < -0.39 is 0 Å². The van der Waals surface area contributed by atoms with Crippen LogP contribution in [0.25, 0.3) is 0 Å². The van der Waals surface area contributed by atoms with Gasteiger partial charge in [0.15, 0.2) is 0 Å². The van der Waals surface area contributed by atoms with E-state index >= 15 is 0 Å². The molecule has 0 saturated carbocycles. The Morgan fingerprint density at radius 1 is 0.952 bits per heavy atom. The Bertz CT molecular complexity index is 466. The maximum Gasteiger partial charge on any atom is 0.119 e. The van der Waals surface area contributed by atoms with Crippen LogP contribution in [-0.4, -0.2) is 19.3 Å². The molecule has 2 heteroatoms. The van der Waals surface area contributed by atoms with Gasteiger partial charge >= 0.3 is 0 Å². The third-order valence-corrected chi connectivity index (χ3v) is 3.17. The number of rotatable bonds is 9. The van der Waals surface area contributed by atoms with Gasteiger partial charge in [0, 0.05) is 12.8 Å². The molecule has 0 N–H and O–H groups in total. The SMILES string of the molecule is C=CCOCCC(Cc1ccccc1)Oc1ccccc1. The van der Waals surface area contributed by atoms with E-state index in [2.05, 4.69) is 30.8 Å². The highest BCUT2D eigenvalue weighted by Crippen LogP contribution is 2.16. The van der Waals surface area contributed by atoms with Crippen molar-refractivity contribution in [3.05, 3.63) is 78.9 Å². The molecule has 1 unspecified atom stereocenters. The summed E-state index contributed by atoms with van der Waals surface area (Å²) >= 11 is 0. The molecule has 0 fully saturated rings. The van der Waals surface area contributed by atoms with E-state index in [1.165, 1.54) is 5.56 Å². The van der Waals surface area contributed by atoms with Gasteiger partial charge in [-0.05, 0) is 17.7 Å². The van der Waals surface area contributed by atoms with Crippen molar-refractivity contribution in [2.24, 2.45) is 0 Å². The van der Waals surface area contributed by atoms with Gasteiger partial charge in [0.1, 0.15) is 11.9 Å².